The lowest BCUT2D eigenvalue weighted by Crippen LogP contribution is -2.16. The molecule has 28 heavy (non-hydrogen) atoms. The van der Waals surface area contributed by atoms with Crippen LogP contribution in [0.2, 0.25) is 0 Å². The van der Waals surface area contributed by atoms with Crippen LogP contribution in [0.3, 0.4) is 0 Å². The number of anilines is 3. The van der Waals surface area contributed by atoms with Crippen LogP contribution in [0.5, 0.6) is 0 Å². The number of para-hydroxylation sites is 1. The predicted octanol–water partition coefficient (Wildman–Crippen LogP) is 4.43. The molecule has 0 atom stereocenters. The Balaban J connectivity index is 1.69. The molecule has 0 saturated heterocycles. The highest BCUT2D eigenvalue weighted by atomic mass is 16.5. The van der Waals surface area contributed by atoms with E-state index in [1.54, 1.807) is 42.6 Å². The van der Waals surface area contributed by atoms with Crippen molar-refractivity contribution in [3.05, 3.63) is 83.7 Å². The van der Waals surface area contributed by atoms with Gasteiger partial charge in [0.15, 0.2) is 0 Å². The summed E-state index contributed by atoms with van der Waals surface area (Å²) in [5, 5.41) is 5.95. The van der Waals surface area contributed by atoms with E-state index in [9.17, 15) is 9.59 Å². The molecular formula is C22H21N3O3. The fourth-order valence-corrected chi connectivity index (χ4v) is 2.66. The average molecular weight is 375 g/mol. The molecular weight excluding hydrogens is 354 g/mol. The number of aromatic nitrogens is 1. The maximum atomic E-state index is 12.5. The Labute approximate surface area is 163 Å². The van der Waals surface area contributed by atoms with E-state index < -0.39 is 11.9 Å². The highest BCUT2D eigenvalue weighted by molar-refractivity contribution is 6.07. The second-order valence-corrected chi connectivity index (χ2v) is 6.10. The summed E-state index contributed by atoms with van der Waals surface area (Å²) in [5.74, 6) is -0.923. The first-order valence-corrected chi connectivity index (χ1v) is 8.91. The summed E-state index contributed by atoms with van der Waals surface area (Å²) in [6.07, 6.45) is 2.58. The largest absolute Gasteiger partial charge is 0.465 e. The fourth-order valence-electron chi connectivity index (χ4n) is 2.66. The number of hydrogen-bond donors (Lipinski definition) is 2. The summed E-state index contributed by atoms with van der Waals surface area (Å²) in [5.41, 5.74) is 3.89. The van der Waals surface area contributed by atoms with Crippen LogP contribution in [0.4, 0.5) is 17.1 Å². The number of amides is 1. The molecule has 0 radical (unpaired) electrons. The average Bonchev–Trinajstić information content (AvgIpc) is 2.74. The maximum absolute atomic E-state index is 12.5. The predicted molar refractivity (Wildman–Crippen MR) is 109 cm³/mol. The lowest BCUT2D eigenvalue weighted by atomic mass is 10.1. The molecule has 0 bridgehead atoms. The Morgan fingerprint density at radius 3 is 2.32 bits per heavy atom. The smallest absolute Gasteiger partial charge is 0.339 e. The summed E-state index contributed by atoms with van der Waals surface area (Å²) in [6, 6.07) is 18.2. The number of nitrogens with zero attached hydrogens (tertiary/aromatic N) is 1. The van der Waals surface area contributed by atoms with Crippen molar-refractivity contribution in [2.24, 2.45) is 0 Å². The number of aryl methyl sites for hydroxylation is 1. The number of pyridine rings is 1. The van der Waals surface area contributed by atoms with Crippen LogP contribution in [0.15, 0.2) is 66.9 Å². The molecule has 3 aromatic rings. The monoisotopic (exact) mass is 375 g/mol. The summed E-state index contributed by atoms with van der Waals surface area (Å²) < 4.78 is 4.74. The van der Waals surface area contributed by atoms with Gasteiger partial charge in [-0.1, -0.05) is 31.2 Å². The third-order valence-electron chi connectivity index (χ3n) is 4.23. The van der Waals surface area contributed by atoms with Crippen molar-refractivity contribution in [1.29, 1.82) is 0 Å². The van der Waals surface area contributed by atoms with E-state index in [0.717, 1.165) is 17.8 Å². The molecule has 1 amide bonds. The molecule has 6 nitrogen and oxygen atoms in total. The SMILES string of the molecule is CCc1ccc(Nc2ccc(C(=O)Nc3ccccc3C(=O)OC)nc2)cc1. The Bertz CT molecular complexity index is 967. The lowest BCUT2D eigenvalue weighted by molar-refractivity contribution is 0.0602. The number of methoxy groups -OCH3 is 1. The number of rotatable bonds is 6. The van der Waals surface area contributed by atoms with Gasteiger partial charge in [0.2, 0.25) is 0 Å². The number of ether oxygens (including phenoxy) is 1. The van der Waals surface area contributed by atoms with Gasteiger partial charge in [0.25, 0.3) is 5.91 Å². The Morgan fingerprint density at radius 1 is 0.964 bits per heavy atom. The van der Waals surface area contributed by atoms with E-state index in [1.165, 1.54) is 12.7 Å². The van der Waals surface area contributed by atoms with Crippen molar-refractivity contribution in [3.63, 3.8) is 0 Å². The van der Waals surface area contributed by atoms with Gasteiger partial charge in [-0.05, 0) is 48.4 Å². The first kappa shape index (κ1) is 19.1. The maximum Gasteiger partial charge on any atom is 0.339 e. The van der Waals surface area contributed by atoms with Gasteiger partial charge in [-0.2, -0.15) is 0 Å². The highest BCUT2D eigenvalue weighted by Crippen LogP contribution is 2.19. The molecule has 0 aliphatic carbocycles. The molecule has 3 rings (SSSR count). The van der Waals surface area contributed by atoms with Crippen molar-refractivity contribution in [2.75, 3.05) is 17.7 Å². The zero-order valence-corrected chi connectivity index (χ0v) is 15.7. The zero-order chi connectivity index (χ0) is 19.9. The third kappa shape index (κ3) is 4.54. The lowest BCUT2D eigenvalue weighted by Gasteiger charge is -2.10. The van der Waals surface area contributed by atoms with Gasteiger partial charge in [0, 0.05) is 5.69 Å². The molecule has 1 heterocycles. The van der Waals surface area contributed by atoms with Gasteiger partial charge in [-0.3, -0.25) is 4.79 Å². The van der Waals surface area contributed by atoms with Crippen LogP contribution in [0, 0.1) is 0 Å². The standard InChI is InChI=1S/C22H21N3O3/c1-3-15-8-10-16(11-9-15)24-17-12-13-20(23-14-17)21(26)25-19-7-5-4-6-18(19)22(27)28-2/h4-14,24H,3H2,1-2H3,(H,25,26). The Hall–Kier alpha value is -3.67. The molecule has 0 unspecified atom stereocenters. The van der Waals surface area contributed by atoms with E-state index in [1.807, 2.05) is 12.1 Å². The van der Waals surface area contributed by atoms with Crippen LogP contribution in [0.1, 0.15) is 33.3 Å². The molecule has 2 N–H and O–H groups in total. The minimum atomic E-state index is -0.516. The number of nitrogens with one attached hydrogen (secondary N) is 2. The van der Waals surface area contributed by atoms with Crippen molar-refractivity contribution in [3.8, 4) is 0 Å². The molecule has 0 saturated carbocycles. The fraction of sp³-hybridized carbons (Fsp3) is 0.136. The topological polar surface area (TPSA) is 80.3 Å². The van der Waals surface area contributed by atoms with E-state index in [-0.39, 0.29) is 11.3 Å². The van der Waals surface area contributed by atoms with Crippen molar-refractivity contribution >= 4 is 28.9 Å². The molecule has 1 aromatic heterocycles. The van der Waals surface area contributed by atoms with Gasteiger partial charge >= 0.3 is 5.97 Å². The second kappa shape index (κ2) is 8.81. The van der Waals surface area contributed by atoms with E-state index in [4.69, 9.17) is 4.74 Å². The number of carbonyl (C=O) groups excluding carboxylic acids is 2. The van der Waals surface area contributed by atoms with Gasteiger partial charge in [-0.25, -0.2) is 9.78 Å². The molecule has 6 heteroatoms. The van der Waals surface area contributed by atoms with Crippen LogP contribution < -0.4 is 10.6 Å². The molecule has 0 aliphatic heterocycles. The van der Waals surface area contributed by atoms with Crippen molar-refractivity contribution < 1.29 is 14.3 Å². The van der Waals surface area contributed by atoms with Crippen molar-refractivity contribution in [1.82, 2.24) is 4.98 Å². The Morgan fingerprint density at radius 2 is 1.68 bits per heavy atom. The normalized spacial score (nSPS) is 10.2. The number of carbonyl (C=O) groups is 2. The van der Waals surface area contributed by atoms with Gasteiger partial charge in [-0.15, -0.1) is 0 Å². The second-order valence-electron chi connectivity index (χ2n) is 6.10. The van der Waals surface area contributed by atoms with E-state index in [0.29, 0.717) is 5.69 Å². The molecule has 0 spiro atoms. The molecule has 2 aromatic carbocycles. The summed E-state index contributed by atoms with van der Waals surface area (Å²) in [4.78, 5) is 28.5. The van der Waals surface area contributed by atoms with Gasteiger partial charge < -0.3 is 15.4 Å². The van der Waals surface area contributed by atoms with Crippen LogP contribution >= 0.6 is 0 Å². The van der Waals surface area contributed by atoms with Gasteiger partial charge in [0.1, 0.15) is 5.69 Å². The first-order chi connectivity index (χ1) is 13.6. The minimum Gasteiger partial charge on any atom is -0.465 e. The van der Waals surface area contributed by atoms with Crippen molar-refractivity contribution in [2.45, 2.75) is 13.3 Å². The van der Waals surface area contributed by atoms with Crippen LogP contribution in [-0.2, 0) is 11.2 Å². The Kier molecular flexibility index (Phi) is 6.01. The zero-order valence-electron chi connectivity index (χ0n) is 15.7. The van der Waals surface area contributed by atoms with Gasteiger partial charge in [0.05, 0.1) is 30.2 Å². The highest BCUT2D eigenvalue weighted by Gasteiger charge is 2.15. The third-order valence-corrected chi connectivity index (χ3v) is 4.23. The van der Waals surface area contributed by atoms with Crippen LogP contribution in [-0.4, -0.2) is 24.0 Å². The first-order valence-electron chi connectivity index (χ1n) is 8.91. The number of benzene rings is 2. The molecule has 0 aliphatic rings. The number of hydrogen-bond acceptors (Lipinski definition) is 5. The number of esters is 1. The molecule has 0 fully saturated rings. The summed E-state index contributed by atoms with van der Waals surface area (Å²) in [7, 11) is 1.30. The van der Waals surface area contributed by atoms with E-state index >= 15 is 0 Å². The van der Waals surface area contributed by atoms with Crippen LogP contribution in [0.25, 0.3) is 0 Å². The van der Waals surface area contributed by atoms with E-state index in [2.05, 4.69) is 34.7 Å². The molecule has 142 valence electrons. The summed E-state index contributed by atoms with van der Waals surface area (Å²) >= 11 is 0. The minimum absolute atomic E-state index is 0.242. The summed E-state index contributed by atoms with van der Waals surface area (Å²) in [6.45, 7) is 2.11. The quantitative estimate of drug-likeness (QED) is 0.623.